The fourth-order valence-electron chi connectivity index (χ4n) is 2.35. The third kappa shape index (κ3) is 4.53. The van der Waals surface area contributed by atoms with Gasteiger partial charge < -0.3 is 19.4 Å². The van der Waals surface area contributed by atoms with Crippen molar-refractivity contribution in [2.45, 2.75) is 25.5 Å². The molecule has 0 aliphatic carbocycles. The molecule has 7 heteroatoms. The van der Waals surface area contributed by atoms with E-state index >= 15 is 0 Å². The molecule has 0 bridgehead atoms. The number of rotatable bonds is 7. The quantitative estimate of drug-likeness (QED) is 0.778. The van der Waals surface area contributed by atoms with Crippen LogP contribution < -0.4 is 10.1 Å². The molecule has 1 aliphatic rings. The molecular formula is C16H20N4O3. The van der Waals surface area contributed by atoms with Crippen LogP contribution in [0.4, 0.5) is 0 Å². The number of hydrogen-bond donors (Lipinski definition) is 1. The highest BCUT2D eigenvalue weighted by Crippen LogP contribution is 2.14. The van der Waals surface area contributed by atoms with Crippen molar-refractivity contribution in [1.82, 2.24) is 19.9 Å². The second-order valence-corrected chi connectivity index (χ2v) is 5.40. The summed E-state index contributed by atoms with van der Waals surface area (Å²) in [7, 11) is 0. The van der Waals surface area contributed by atoms with Gasteiger partial charge >= 0.3 is 0 Å². The van der Waals surface area contributed by atoms with Crippen LogP contribution in [0.5, 0.6) is 5.88 Å². The van der Waals surface area contributed by atoms with Gasteiger partial charge in [0, 0.05) is 44.2 Å². The third-order valence-corrected chi connectivity index (χ3v) is 3.61. The Kier molecular flexibility index (Phi) is 5.21. The number of imidazole rings is 1. The minimum absolute atomic E-state index is 0.0605. The molecule has 1 amide bonds. The Balaban J connectivity index is 1.41. The SMILES string of the molecule is O=C(NCCCn1ccnc1)c1ccc(OC2CCOC2)nc1. The van der Waals surface area contributed by atoms with Gasteiger partial charge in [0.1, 0.15) is 6.10 Å². The van der Waals surface area contributed by atoms with Crippen molar-refractivity contribution in [1.29, 1.82) is 0 Å². The van der Waals surface area contributed by atoms with E-state index in [2.05, 4.69) is 15.3 Å². The highest BCUT2D eigenvalue weighted by molar-refractivity contribution is 5.93. The number of nitrogens with one attached hydrogen (secondary N) is 1. The molecule has 2 aromatic heterocycles. The van der Waals surface area contributed by atoms with Crippen LogP contribution in [0.25, 0.3) is 0 Å². The summed E-state index contributed by atoms with van der Waals surface area (Å²) in [6, 6.07) is 3.45. The molecule has 7 nitrogen and oxygen atoms in total. The zero-order valence-electron chi connectivity index (χ0n) is 12.9. The monoisotopic (exact) mass is 316 g/mol. The van der Waals surface area contributed by atoms with Gasteiger partial charge in [-0.15, -0.1) is 0 Å². The predicted molar refractivity (Wildman–Crippen MR) is 83.3 cm³/mol. The van der Waals surface area contributed by atoms with Crippen molar-refractivity contribution in [3.05, 3.63) is 42.6 Å². The molecule has 0 saturated carbocycles. The largest absolute Gasteiger partial charge is 0.472 e. The Morgan fingerprint density at radius 1 is 1.48 bits per heavy atom. The maximum atomic E-state index is 12.0. The molecule has 0 radical (unpaired) electrons. The van der Waals surface area contributed by atoms with Crippen molar-refractivity contribution >= 4 is 5.91 Å². The highest BCUT2D eigenvalue weighted by Gasteiger charge is 2.17. The average molecular weight is 316 g/mol. The topological polar surface area (TPSA) is 78.3 Å². The highest BCUT2D eigenvalue weighted by atomic mass is 16.5. The fraction of sp³-hybridized carbons (Fsp3) is 0.438. The van der Waals surface area contributed by atoms with E-state index in [0.29, 0.717) is 24.6 Å². The first-order chi connectivity index (χ1) is 11.3. The smallest absolute Gasteiger partial charge is 0.252 e. The first-order valence-corrected chi connectivity index (χ1v) is 7.75. The van der Waals surface area contributed by atoms with Crippen molar-refractivity contribution in [2.24, 2.45) is 0 Å². The molecule has 1 N–H and O–H groups in total. The molecule has 2 aromatic rings. The van der Waals surface area contributed by atoms with E-state index < -0.39 is 0 Å². The molecule has 0 spiro atoms. The van der Waals surface area contributed by atoms with Crippen molar-refractivity contribution in [3.8, 4) is 5.88 Å². The van der Waals surface area contributed by atoms with E-state index in [1.165, 1.54) is 6.20 Å². The lowest BCUT2D eigenvalue weighted by molar-refractivity contribution is 0.0952. The van der Waals surface area contributed by atoms with Gasteiger partial charge in [-0.1, -0.05) is 0 Å². The van der Waals surface area contributed by atoms with Gasteiger partial charge in [0.15, 0.2) is 0 Å². The molecule has 0 aromatic carbocycles. The Morgan fingerprint density at radius 2 is 2.43 bits per heavy atom. The van der Waals surface area contributed by atoms with Gasteiger partial charge in [0.2, 0.25) is 5.88 Å². The summed E-state index contributed by atoms with van der Waals surface area (Å²) >= 11 is 0. The van der Waals surface area contributed by atoms with E-state index in [1.807, 2.05) is 10.8 Å². The maximum absolute atomic E-state index is 12.0. The van der Waals surface area contributed by atoms with Crippen molar-refractivity contribution in [3.63, 3.8) is 0 Å². The fourth-order valence-corrected chi connectivity index (χ4v) is 2.35. The summed E-state index contributed by atoms with van der Waals surface area (Å²) < 4.78 is 12.9. The number of hydrogen-bond acceptors (Lipinski definition) is 5. The van der Waals surface area contributed by atoms with E-state index in [0.717, 1.165) is 26.0 Å². The van der Waals surface area contributed by atoms with Gasteiger partial charge in [-0.05, 0) is 12.5 Å². The molecule has 1 unspecified atom stereocenters. The molecule has 1 fully saturated rings. The Hall–Kier alpha value is -2.41. The molecule has 1 saturated heterocycles. The van der Waals surface area contributed by atoms with E-state index in [4.69, 9.17) is 9.47 Å². The van der Waals surface area contributed by atoms with Crippen LogP contribution in [-0.2, 0) is 11.3 Å². The summed E-state index contributed by atoms with van der Waals surface area (Å²) in [5, 5.41) is 2.88. The molecule has 3 heterocycles. The normalized spacial score (nSPS) is 17.1. The zero-order chi connectivity index (χ0) is 15.9. The number of aryl methyl sites for hydroxylation is 1. The van der Waals surface area contributed by atoms with Gasteiger partial charge in [0.25, 0.3) is 5.91 Å². The Morgan fingerprint density at radius 3 is 3.13 bits per heavy atom. The number of aromatic nitrogens is 3. The second kappa shape index (κ2) is 7.73. The van der Waals surface area contributed by atoms with Gasteiger partial charge in [-0.25, -0.2) is 9.97 Å². The lowest BCUT2D eigenvalue weighted by Crippen LogP contribution is -2.25. The lowest BCUT2D eigenvalue weighted by Gasteiger charge is -2.11. The summed E-state index contributed by atoms with van der Waals surface area (Å²) in [5.74, 6) is 0.399. The first kappa shape index (κ1) is 15.5. The lowest BCUT2D eigenvalue weighted by atomic mass is 10.2. The minimum Gasteiger partial charge on any atom is -0.472 e. The average Bonchev–Trinajstić information content (AvgIpc) is 3.26. The second-order valence-electron chi connectivity index (χ2n) is 5.40. The van der Waals surface area contributed by atoms with Crippen LogP contribution in [0.3, 0.4) is 0 Å². The molecule has 1 atom stereocenters. The third-order valence-electron chi connectivity index (χ3n) is 3.61. The van der Waals surface area contributed by atoms with E-state index in [1.54, 1.807) is 24.7 Å². The van der Waals surface area contributed by atoms with Gasteiger partial charge in [-0.3, -0.25) is 4.79 Å². The molecular weight excluding hydrogens is 296 g/mol. The van der Waals surface area contributed by atoms with Crippen molar-refractivity contribution < 1.29 is 14.3 Å². The van der Waals surface area contributed by atoms with Gasteiger partial charge in [-0.2, -0.15) is 0 Å². The summed E-state index contributed by atoms with van der Waals surface area (Å²) in [6.07, 6.45) is 8.73. The van der Waals surface area contributed by atoms with Gasteiger partial charge in [0.05, 0.1) is 25.1 Å². The molecule has 3 rings (SSSR count). The summed E-state index contributed by atoms with van der Waals surface area (Å²) in [6.45, 7) is 2.76. The number of nitrogens with zero attached hydrogens (tertiary/aromatic N) is 3. The molecule has 122 valence electrons. The van der Waals surface area contributed by atoms with E-state index in [-0.39, 0.29) is 12.0 Å². The standard InChI is InChI=1S/C16H20N4O3/c21-16(18-5-1-7-20-8-6-17-12-20)13-2-3-15(19-10-13)23-14-4-9-22-11-14/h2-3,6,8,10,12,14H,1,4-5,7,9,11H2,(H,18,21). The first-order valence-electron chi connectivity index (χ1n) is 7.75. The maximum Gasteiger partial charge on any atom is 0.252 e. The Bertz CT molecular complexity index is 607. The number of ether oxygens (including phenoxy) is 2. The Labute approximate surface area is 134 Å². The van der Waals surface area contributed by atoms with Crippen LogP contribution in [0, 0.1) is 0 Å². The van der Waals surface area contributed by atoms with Crippen LogP contribution in [0.15, 0.2) is 37.1 Å². The number of amides is 1. The molecule has 23 heavy (non-hydrogen) atoms. The number of carbonyl (C=O) groups excluding carboxylic acids is 1. The predicted octanol–water partition coefficient (Wildman–Crippen LogP) is 1.27. The van der Waals surface area contributed by atoms with Crippen LogP contribution in [0.1, 0.15) is 23.2 Å². The van der Waals surface area contributed by atoms with Crippen LogP contribution >= 0.6 is 0 Å². The number of pyridine rings is 1. The van der Waals surface area contributed by atoms with Crippen LogP contribution in [-0.4, -0.2) is 46.3 Å². The van der Waals surface area contributed by atoms with Crippen LogP contribution in [0.2, 0.25) is 0 Å². The molecule has 1 aliphatic heterocycles. The van der Waals surface area contributed by atoms with E-state index in [9.17, 15) is 4.79 Å². The minimum atomic E-state index is -0.126. The zero-order valence-corrected chi connectivity index (χ0v) is 12.9. The summed E-state index contributed by atoms with van der Waals surface area (Å²) in [4.78, 5) is 20.2. The summed E-state index contributed by atoms with van der Waals surface area (Å²) in [5.41, 5.74) is 0.530. The number of carbonyl (C=O) groups is 1. The van der Waals surface area contributed by atoms with Crippen molar-refractivity contribution in [2.75, 3.05) is 19.8 Å².